The summed E-state index contributed by atoms with van der Waals surface area (Å²) in [6, 6.07) is 21.9. The number of amides is 1. The van der Waals surface area contributed by atoms with Crippen LogP contribution >= 0.6 is 0 Å². The first-order chi connectivity index (χ1) is 18.3. The number of ether oxygens (including phenoxy) is 1. The van der Waals surface area contributed by atoms with Crippen LogP contribution in [0.5, 0.6) is 0 Å². The molecule has 0 bridgehead atoms. The van der Waals surface area contributed by atoms with E-state index in [1.165, 1.54) is 10.5 Å². The first-order valence-corrected chi connectivity index (χ1v) is 13.0. The Kier molecular flexibility index (Phi) is 8.55. The highest BCUT2D eigenvalue weighted by molar-refractivity contribution is 5.91. The molecule has 1 amide bonds. The molecule has 3 aromatic rings. The van der Waals surface area contributed by atoms with Crippen LogP contribution in [0.1, 0.15) is 62.0 Å². The fraction of sp³-hybridized carbons (Fsp3) is 0.355. The molecule has 0 N–H and O–H groups in total. The van der Waals surface area contributed by atoms with E-state index in [0.717, 1.165) is 30.5 Å². The lowest BCUT2D eigenvalue weighted by atomic mass is 9.90. The maximum absolute atomic E-state index is 12.7. The summed E-state index contributed by atoms with van der Waals surface area (Å²) in [7, 11) is 1.69. The molecule has 0 fully saturated rings. The molecule has 1 atom stereocenters. The van der Waals surface area contributed by atoms with Gasteiger partial charge < -0.3 is 4.74 Å². The Labute approximate surface area is 225 Å². The minimum absolute atomic E-state index is 0.123. The van der Waals surface area contributed by atoms with Crippen molar-refractivity contribution in [3.63, 3.8) is 0 Å². The number of benzene rings is 2. The molecule has 0 saturated heterocycles. The smallest absolute Gasteiger partial charge is 0.414 e. The number of nitrogens with zero attached hydrogens (tertiary/aromatic N) is 5. The van der Waals surface area contributed by atoms with E-state index in [1.54, 1.807) is 7.05 Å². The second kappa shape index (κ2) is 12.0. The van der Waals surface area contributed by atoms with Crippen LogP contribution in [0.4, 0.5) is 16.2 Å². The van der Waals surface area contributed by atoms with Crippen LogP contribution in [0.15, 0.2) is 71.9 Å². The summed E-state index contributed by atoms with van der Waals surface area (Å²) in [5.74, 6) is 0. The number of hydrogen-bond acceptors (Lipinski definition) is 6. The summed E-state index contributed by atoms with van der Waals surface area (Å²) in [5, 5.41) is 9.67. The van der Waals surface area contributed by atoms with E-state index in [2.05, 4.69) is 17.0 Å². The Bertz CT molecular complexity index is 1340. The van der Waals surface area contributed by atoms with Crippen LogP contribution in [0, 0.1) is 11.3 Å². The monoisotopic (exact) mass is 509 g/mol. The van der Waals surface area contributed by atoms with Crippen LogP contribution in [-0.2, 0) is 17.7 Å². The van der Waals surface area contributed by atoms with E-state index in [-0.39, 0.29) is 6.04 Å². The lowest BCUT2D eigenvalue weighted by molar-refractivity contribution is 0.0589. The van der Waals surface area contributed by atoms with Crippen molar-refractivity contribution in [1.29, 1.82) is 5.26 Å². The average molecular weight is 510 g/mol. The van der Waals surface area contributed by atoms with Crippen molar-refractivity contribution < 1.29 is 9.53 Å². The third kappa shape index (κ3) is 6.64. The largest absolute Gasteiger partial charge is 0.443 e. The summed E-state index contributed by atoms with van der Waals surface area (Å²) in [5.41, 5.74) is 4.81. The molecule has 1 unspecified atom stereocenters. The van der Waals surface area contributed by atoms with E-state index in [0.29, 0.717) is 30.0 Å². The van der Waals surface area contributed by atoms with Crippen molar-refractivity contribution in [2.75, 3.05) is 18.5 Å². The number of aryl methyl sites for hydroxylation is 1. The van der Waals surface area contributed by atoms with Gasteiger partial charge in [0.25, 0.3) is 0 Å². The Balaban J connectivity index is 1.61. The topological polar surface area (TPSA) is 81.8 Å². The third-order valence-corrected chi connectivity index (χ3v) is 6.57. The van der Waals surface area contributed by atoms with Gasteiger partial charge >= 0.3 is 6.09 Å². The number of para-hydroxylation sites is 2. The Morgan fingerprint density at radius 3 is 2.71 bits per heavy atom. The number of aromatic nitrogens is 1. The van der Waals surface area contributed by atoms with Gasteiger partial charge in [-0.05, 0) is 75.4 Å². The molecule has 1 aliphatic carbocycles. The quantitative estimate of drug-likeness (QED) is 0.335. The van der Waals surface area contributed by atoms with E-state index in [4.69, 9.17) is 14.7 Å². The second-order valence-corrected chi connectivity index (χ2v) is 10.5. The fourth-order valence-electron chi connectivity index (χ4n) is 4.76. The zero-order valence-electron chi connectivity index (χ0n) is 22.6. The van der Waals surface area contributed by atoms with Crippen molar-refractivity contribution in [2.24, 2.45) is 4.99 Å². The predicted octanol–water partition coefficient (Wildman–Crippen LogP) is 6.61. The van der Waals surface area contributed by atoms with Gasteiger partial charge in [-0.3, -0.25) is 19.8 Å². The van der Waals surface area contributed by atoms with Crippen LogP contribution in [0.2, 0.25) is 0 Å². The summed E-state index contributed by atoms with van der Waals surface area (Å²) in [6.07, 6.45) is 6.41. The first-order valence-electron chi connectivity index (χ1n) is 13.0. The zero-order chi connectivity index (χ0) is 27.1. The number of carbonyl (C=O) groups is 1. The van der Waals surface area contributed by atoms with E-state index in [1.807, 2.05) is 87.8 Å². The first kappa shape index (κ1) is 27.0. The molecule has 0 spiro atoms. The highest BCUT2D eigenvalue weighted by atomic mass is 16.6. The molecule has 1 aromatic heterocycles. The van der Waals surface area contributed by atoms with Crippen molar-refractivity contribution in [1.82, 2.24) is 9.88 Å². The van der Waals surface area contributed by atoms with Crippen molar-refractivity contribution in [3.8, 4) is 6.07 Å². The molecule has 1 aliphatic rings. The SMILES string of the molecule is CN(C(=O)OC(C)(C)C)c1ccccc1N=CCN(Cc1ccccc1C#N)C1CCCc2cccnc21. The lowest BCUT2D eigenvalue weighted by Crippen LogP contribution is -2.34. The van der Waals surface area contributed by atoms with Crippen molar-refractivity contribution in [2.45, 2.75) is 58.2 Å². The molecular formula is C31H35N5O2. The normalized spacial score (nSPS) is 15.2. The van der Waals surface area contributed by atoms with Gasteiger partial charge in [0.05, 0.1) is 34.7 Å². The molecule has 0 radical (unpaired) electrons. The van der Waals surface area contributed by atoms with Gasteiger partial charge in [0.2, 0.25) is 0 Å². The molecule has 0 saturated carbocycles. The molecule has 7 heteroatoms. The minimum atomic E-state index is -0.589. The van der Waals surface area contributed by atoms with Gasteiger partial charge in [0.15, 0.2) is 0 Å². The number of carbonyl (C=O) groups excluding carboxylic acids is 1. The van der Waals surface area contributed by atoms with Gasteiger partial charge in [-0.2, -0.15) is 5.26 Å². The third-order valence-electron chi connectivity index (χ3n) is 6.57. The lowest BCUT2D eigenvalue weighted by Gasteiger charge is -2.34. The van der Waals surface area contributed by atoms with Gasteiger partial charge in [-0.15, -0.1) is 0 Å². The number of aliphatic imine (C=N–C) groups is 1. The number of fused-ring (bicyclic) bond motifs is 1. The predicted molar refractivity (Wildman–Crippen MR) is 151 cm³/mol. The van der Waals surface area contributed by atoms with Crippen LogP contribution in [0.3, 0.4) is 0 Å². The maximum Gasteiger partial charge on any atom is 0.414 e. The molecule has 1 heterocycles. The number of rotatable bonds is 7. The number of hydrogen-bond donors (Lipinski definition) is 0. The van der Waals surface area contributed by atoms with E-state index in [9.17, 15) is 10.1 Å². The maximum atomic E-state index is 12.7. The number of nitriles is 1. The van der Waals surface area contributed by atoms with Crippen LogP contribution < -0.4 is 4.90 Å². The summed E-state index contributed by atoms with van der Waals surface area (Å²) in [6.45, 7) is 6.71. The zero-order valence-corrected chi connectivity index (χ0v) is 22.6. The molecule has 4 rings (SSSR count). The molecule has 38 heavy (non-hydrogen) atoms. The number of pyridine rings is 1. The van der Waals surface area contributed by atoms with Crippen LogP contribution in [-0.4, -0.2) is 41.4 Å². The van der Waals surface area contributed by atoms with Crippen molar-refractivity contribution >= 4 is 23.7 Å². The van der Waals surface area contributed by atoms with Gasteiger partial charge in [0.1, 0.15) is 5.60 Å². The summed E-state index contributed by atoms with van der Waals surface area (Å²) < 4.78 is 5.55. The van der Waals surface area contributed by atoms with Gasteiger partial charge in [0, 0.05) is 32.5 Å². The Morgan fingerprint density at radius 2 is 1.92 bits per heavy atom. The summed E-state index contributed by atoms with van der Waals surface area (Å²) in [4.78, 5) is 26.0. The van der Waals surface area contributed by atoms with E-state index >= 15 is 0 Å². The van der Waals surface area contributed by atoms with Gasteiger partial charge in [-0.1, -0.05) is 36.4 Å². The highest BCUT2D eigenvalue weighted by Crippen LogP contribution is 2.34. The van der Waals surface area contributed by atoms with Crippen molar-refractivity contribution in [3.05, 3.63) is 89.2 Å². The van der Waals surface area contributed by atoms with Crippen LogP contribution in [0.25, 0.3) is 0 Å². The fourth-order valence-corrected chi connectivity index (χ4v) is 4.76. The number of anilines is 1. The molecule has 7 nitrogen and oxygen atoms in total. The minimum Gasteiger partial charge on any atom is -0.443 e. The Hall–Kier alpha value is -4.02. The highest BCUT2D eigenvalue weighted by Gasteiger charge is 2.27. The molecule has 2 aromatic carbocycles. The standard InChI is InChI=1S/C31H35N5O2/c1-31(2,3)38-30(37)35(4)27-16-8-7-15-26(27)33-19-20-36(22-25-12-6-5-11-24(25)21-32)28-17-9-13-23-14-10-18-34-29(23)28/h5-8,10-12,14-16,18-19,28H,9,13,17,20,22H2,1-4H3. The van der Waals surface area contributed by atoms with Gasteiger partial charge in [-0.25, -0.2) is 4.79 Å². The van der Waals surface area contributed by atoms with E-state index < -0.39 is 11.7 Å². The second-order valence-electron chi connectivity index (χ2n) is 10.5. The Morgan fingerprint density at radius 1 is 1.16 bits per heavy atom. The molecule has 0 aliphatic heterocycles. The molecule has 196 valence electrons. The average Bonchev–Trinajstić information content (AvgIpc) is 2.91. The summed E-state index contributed by atoms with van der Waals surface area (Å²) >= 11 is 0. The molecular weight excluding hydrogens is 474 g/mol.